The standard InChI is InChI=1S/C20H24N2/c1-3-7-16(8-4-1)15-21-19-17-11-13-22(14-12-17)20(19)18-9-5-2-6-10-18/h1-10,17,19-21H,11-15H2. The maximum absolute atomic E-state index is 3.88. The summed E-state index contributed by atoms with van der Waals surface area (Å²) in [5.74, 6) is 0.818. The van der Waals surface area contributed by atoms with E-state index >= 15 is 0 Å². The highest BCUT2D eigenvalue weighted by Gasteiger charge is 2.42. The van der Waals surface area contributed by atoms with Gasteiger partial charge in [-0.2, -0.15) is 0 Å². The first-order chi connectivity index (χ1) is 10.9. The minimum atomic E-state index is 0.539. The van der Waals surface area contributed by atoms with Crippen LogP contribution in [0.15, 0.2) is 60.7 Å². The Morgan fingerprint density at radius 2 is 1.50 bits per heavy atom. The second kappa shape index (κ2) is 6.23. The van der Waals surface area contributed by atoms with E-state index in [2.05, 4.69) is 70.9 Å². The molecule has 1 N–H and O–H groups in total. The highest BCUT2D eigenvalue weighted by atomic mass is 15.2. The molecule has 2 unspecified atom stereocenters. The summed E-state index contributed by atoms with van der Waals surface area (Å²) < 4.78 is 0. The van der Waals surface area contributed by atoms with E-state index < -0.39 is 0 Å². The van der Waals surface area contributed by atoms with E-state index in [1.807, 2.05) is 0 Å². The Kier molecular flexibility index (Phi) is 3.96. The van der Waals surface area contributed by atoms with Crippen LogP contribution >= 0.6 is 0 Å². The van der Waals surface area contributed by atoms with Gasteiger partial charge in [0.1, 0.15) is 0 Å². The topological polar surface area (TPSA) is 15.3 Å². The van der Waals surface area contributed by atoms with Crippen molar-refractivity contribution in [1.82, 2.24) is 10.2 Å². The summed E-state index contributed by atoms with van der Waals surface area (Å²) in [6.45, 7) is 3.49. The molecule has 2 aromatic rings. The Bertz CT molecular complexity index is 588. The molecule has 0 radical (unpaired) electrons. The van der Waals surface area contributed by atoms with Gasteiger partial charge in [0, 0.05) is 12.6 Å². The van der Waals surface area contributed by atoms with Crippen molar-refractivity contribution < 1.29 is 0 Å². The molecule has 114 valence electrons. The third-order valence-corrected chi connectivity index (χ3v) is 5.34. The Balaban J connectivity index is 1.55. The summed E-state index contributed by atoms with van der Waals surface area (Å²) in [7, 11) is 0. The summed E-state index contributed by atoms with van der Waals surface area (Å²) in [6, 6.07) is 22.9. The smallest absolute Gasteiger partial charge is 0.0504 e. The van der Waals surface area contributed by atoms with E-state index in [-0.39, 0.29) is 0 Å². The number of piperidine rings is 3. The summed E-state index contributed by atoms with van der Waals surface area (Å²) in [4.78, 5) is 2.68. The number of rotatable bonds is 4. The maximum Gasteiger partial charge on any atom is 0.0504 e. The largest absolute Gasteiger partial charge is 0.308 e. The molecule has 3 aliphatic rings. The van der Waals surface area contributed by atoms with E-state index in [9.17, 15) is 0 Å². The van der Waals surface area contributed by atoms with Crippen LogP contribution in [-0.2, 0) is 6.54 Å². The van der Waals surface area contributed by atoms with Crippen LogP contribution in [-0.4, -0.2) is 24.0 Å². The molecule has 0 saturated carbocycles. The summed E-state index contributed by atoms with van der Waals surface area (Å²) in [6.07, 6.45) is 2.69. The minimum absolute atomic E-state index is 0.539. The maximum atomic E-state index is 3.88. The normalized spacial score (nSPS) is 30.4. The van der Waals surface area contributed by atoms with Gasteiger partial charge in [-0.05, 0) is 43.0 Å². The zero-order chi connectivity index (χ0) is 14.8. The second-order valence-electron chi connectivity index (χ2n) is 6.62. The third-order valence-electron chi connectivity index (χ3n) is 5.34. The average molecular weight is 292 g/mol. The van der Waals surface area contributed by atoms with Gasteiger partial charge in [0.2, 0.25) is 0 Å². The summed E-state index contributed by atoms with van der Waals surface area (Å²) in [5, 5.41) is 3.88. The Hall–Kier alpha value is -1.64. The lowest BCUT2D eigenvalue weighted by Gasteiger charge is -2.51. The molecule has 0 aliphatic carbocycles. The zero-order valence-electron chi connectivity index (χ0n) is 13.0. The predicted molar refractivity (Wildman–Crippen MR) is 90.5 cm³/mol. The van der Waals surface area contributed by atoms with Gasteiger partial charge in [-0.15, -0.1) is 0 Å². The molecule has 2 aromatic carbocycles. The minimum Gasteiger partial charge on any atom is -0.308 e. The predicted octanol–water partition coefficient (Wildman–Crippen LogP) is 3.61. The van der Waals surface area contributed by atoms with Gasteiger partial charge in [0.05, 0.1) is 6.04 Å². The number of hydrogen-bond donors (Lipinski definition) is 1. The van der Waals surface area contributed by atoms with Gasteiger partial charge in [-0.1, -0.05) is 60.7 Å². The Labute approximate surface area is 133 Å². The molecular weight excluding hydrogens is 268 g/mol. The van der Waals surface area contributed by atoms with Crippen LogP contribution in [0.3, 0.4) is 0 Å². The van der Waals surface area contributed by atoms with E-state index in [1.165, 1.54) is 37.1 Å². The molecule has 3 aliphatic heterocycles. The first-order valence-electron chi connectivity index (χ1n) is 8.48. The Morgan fingerprint density at radius 1 is 0.864 bits per heavy atom. The summed E-state index contributed by atoms with van der Waals surface area (Å²) >= 11 is 0. The van der Waals surface area contributed by atoms with Crippen molar-refractivity contribution in [3.8, 4) is 0 Å². The molecule has 2 atom stereocenters. The number of hydrogen-bond acceptors (Lipinski definition) is 2. The van der Waals surface area contributed by atoms with Crippen LogP contribution in [0.25, 0.3) is 0 Å². The fourth-order valence-electron chi connectivity index (χ4n) is 4.22. The van der Waals surface area contributed by atoms with Crippen LogP contribution in [0.1, 0.15) is 30.0 Å². The fourth-order valence-corrected chi connectivity index (χ4v) is 4.22. The quantitative estimate of drug-likeness (QED) is 0.926. The number of nitrogens with zero attached hydrogens (tertiary/aromatic N) is 1. The van der Waals surface area contributed by atoms with Crippen molar-refractivity contribution >= 4 is 0 Å². The molecule has 3 saturated heterocycles. The van der Waals surface area contributed by atoms with Crippen molar-refractivity contribution in [2.45, 2.75) is 31.5 Å². The highest BCUT2D eigenvalue weighted by Crippen LogP contribution is 2.40. The summed E-state index contributed by atoms with van der Waals surface area (Å²) in [5.41, 5.74) is 2.85. The van der Waals surface area contributed by atoms with Gasteiger partial charge in [-0.3, -0.25) is 4.90 Å². The van der Waals surface area contributed by atoms with Crippen LogP contribution in [0.4, 0.5) is 0 Å². The molecule has 0 aromatic heterocycles. The van der Waals surface area contributed by atoms with Gasteiger partial charge >= 0.3 is 0 Å². The van der Waals surface area contributed by atoms with Gasteiger partial charge < -0.3 is 5.32 Å². The van der Waals surface area contributed by atoms with Gasteiger partial charge in [0.15, 0.2) is 0 Å². The van der Waals surface area contributed by atoms with Crippen molar-refractivity contribution in [3.05, 3.63) is 71.8 Å². The van der Waals surface area contributed by atoms with E-state index in [0.29, 0.717) is 12.1 Å². The average Bonchev–Trinajstić information content (AvgIpc) is 2.62. The van der Waals surface area contributed by atoms with Gasteiger partial charge in [0.25, 0.3) is 0 Å². The second-order valence-corrected chi connectivity index (χ2v) is 6.62. The van der Waals surface area contributed by atoms with E-state index in [1.54, 1.807) is 0 Å². The highest BCUT2D eigenvalue weighted by molar-refractivity contribution is 5.24. The Morgan fingerprint density at radius 3 is 2.18 bits per heavy atom. The molecule has 22 heavy (non-hydrogen) atoms. The monoisotopic (exact) mass is 292 g/mol. The molecule has 5 rings (SSSR count). The van der Waals surface area contributed by atoms with Crippen molar-refractivity contribution in [2.24, 2.45) is 5.92 Å². The molecule has 0 amide bonds. The first kappa shape index (κ1) is 14.0. The number of nitrogens with one attached hydrogen (secondary N) is 1. The van der Waals surface area contributed by atoms with E-state index in [4.69, 9.17) is 0 Å². The van der Waals surface area contributed by atoms with Gasteiger partial charge in [-0.25, -0.2) is 0 Å². The van der Waals surface area contributed by atoms with Crippen LogP contribution in [0.5, 0.6) is 0 Å². The lowest BCUT2D eigenvalue weighted by Crippen LogP contribution is -2.57. The van der Waals surface area contributed by atoms with Crippen molar-refractivity contribution in [2.75, 3.05) is 13.1 Å². The van der Waals surface area contributed by atoms with Crippen LogP contribution in [0.2, 0.25) is 0 Å². The SMILES string of the molecule is c1ccc(CNC2C3CCN(CC3)C2c2ccccc2)cc1. The molecule has 2 heteroatoms. The number of benzene rings is 2. The number of fused-ring (bicyclic) bond motifs is 3. The van der Waals surface area contributed by atoms with Crippen molar-refractivity contribution in [3.63, 3.8) is 0 Å². The molecule has 2 nitrogen and oxygen atoms in total. The molecule has 0 spiro atoms. The fraction of sp³-hybridized carbons (Fsp3) is 0.400. The first-order valence-corrected chi connectivity index (χ1v) is 8.48. The lowest BCUT2D eigenvalue weighted by molar-refractivity contribution is 0.0112. The third kappa shape index (κ3) is 2.69. The molecular formula is C20H24N2. The lowest BCUT2D eigenvalue weighted by atomic mass is 9.76. The van der Waals surface area contributed by atoms with E-state index in [0.717, 1.165) is 12.5 Å². The van der Waals surface area contributed by atoms with Crippen LogP contribution < -0.4 is 5.32 Å². The molecule has 2 bridgehead atoms. The van der Waals surface area contributed by atoms with Crippen LogP contribution in [0, 0.1) is 5.92 Å². The molecule has 3 fully saturated rings. The molecule has 3 heterocycles. The van der Waals surface area contributed by atoms with Crippen molar-refractivity contribution in [1.29, 1.82) is 0 Å². The zero-order valence-corrected chi connectivity index (χ0v) is 13.0.